The maximum absolute atomic E-state index is 13.3. The number of ether oxygens (including phenoxy) is 2. The summed E-state index contributed by atoms with van der Waals surface area (Å²) in [5.74, 6) is -1.96. The minimum absolute atomic E-state index is 0.0427. The lowest BCUT2D eigenvalue weighted by Gasteiger charge is -2.22. The third-order valence-corrected chi connectivity index (χ3v) is 3.93. The molecule has 1 heterocycles. The summed E-state index contributed by atoms with van der Waals surface area (Å²) in [6.07, 6.45) is -2.44. The van der Waals surface area contributed by atoms with E-state index in [0.29, 0.717) is 11.1 Å². The molecule has 138 valence electrons. The molecule has 0 amide bonds. The third kappa shape index (κ3) is 3.67. The van der Waals surface area contributed by atoms with Crippen LogP contribution in [0.15, 0.2) is 36.4 Å². The van der Waals surface area contributed by atoms with Crippen LogP contribution in [0.3, 0.4) is 0 Å². The normalized spacial score (nSPS) is 19.3. The molecule has 0 fully saturated rings. The Morgan fingerprint density at radius 3 is 2.35 bits per heavy atom. The molecular weight excluding hydrogens is 348 g/mol. The minimum Gasteiger partial charge on any atom is -0.465 e. The fourth-order valence-electron chi connectivity index (χ4n) is 2.82. The standard InChI is InChI=1S/C18H17F2NO5/c1-2-25-16(22)9-21-17(23)14-4-3-12(8-15(14)18(21)24)26-13-6-10(19)5-11(20)7-13/h3-8,17-18,23-24H,2,9H2,1H3. The zero-order valence-corrected chi connectivity index (χ0v) is 13.9. The number of carbonyl (C=O) groups is 1. The lowest BCUT2D eigenvalue weighted by Crippen LogP contribution is -2.32. The van der Waals surface area contributed by atoms with Crippen LogP contribution in [0.25, 0.3) is 0 Å². The number of fused-ring (bicyclic) bond motifs is 1. The van der Waals surface area contributed by atoms with Crippen molar-refractivity contribution in [2.45, 2.75) is 19.4 Å². The highest BCUT2D eigenvalue weighted by Gasteiger charge is 2.38. The molecule has 0 saturated heterocycles. The topological polar surface area (TPSA) is 79.2 Å². The second-order valence-corrected chi connectivity index (χ2v) is 5.72. The maximum Gasteiger partial charge on any atom is 0.320 e. The SMILES string of the molecule is CCOC(=O)CN1C(O)c2ccc(Oc3cc(F)cc(F)c3)cc2C1O. The Balaban J connectivity index is 1.81. The Morgan fingerprint density at radius 1 is 1.04 bits per heavy atom. The summed E-state index contributed by atoms with van der Waals surface area (Å²) in [5.41, 5.74) is 0.732. The summed E-state index contributed by atoms with van der Waals surface area (Å²) in [4.78, 5) is 12.8. The number of aliphatic hydroxyl groups is 2. The molecule has 2 unspecified atom stereocenters. The number of hydrogen-bond acceptors (Lipinski definition) is 6. The molecule has 2 aromatic rings. The monoisotopic (exact) mass is 365 g/mol. The summed E-state index contributed by atoms with van der Waals surface area (Å²) < 4.78 is 36.8. The predicted octanol–water partition coefficient (Wildman–Crippen LogP) is 2.62. The summed E-state index contributed by atoms with van der Waals surface area (Å²) >= 11 is 0. The molecule has 0 saturated carbocycles. The van der Waals surface area contributed by atoms with Gasteiger partial charge in [-0.3, -0.25) is 4.79 Å². The highest BCUT2D eigenvalue weighted by Crippen LogP contribution is 2.41. The van der Waals surface area contributed by atoms with Gasteiger partial charge < -0.3 is 19.7 Å². The largest absolute Gasteiger partial charge is 0.465 e. The molecule has 2 N–H and O–H groups in total. The lowest BCUT2D eigenvalue weighted by atomic mass is 10.1. The first-order chi connectivity index (χ1) is 12.4. The highest BCUT2D eigenvalue weighted by molar-refractivity contribution is 5.72. The van der Waals surface area contributed by atoms with Crippen molar-refractivity contribution in [1.82, 2.24) is 4.90 Å². The van der Waals surface area contributed by atoms with Crippen LogP contribution in [-0.2, 0) is 9.53 Å². The molecule has 6 nitrogen and oxygen atoms in total. The van der Waals surface area contributed by atoms with Gasteiger partial charge in [0.05, 0.1) is 6.61 Å². The molecule has 1 aliphatic heterocycles. The lowest BCUT2D eigenvalue weighted by molar-refractivity contribution is -0.154. The van der Waals surface area contributed by atoms with E-state index in [1.807, 2.05) is 0 Å². The quantitative estimate of drug-likeness (QED) is 0.793. The molecule has 1 aliphatic rings. The van der Waals surface area contributed by atoms with Gasteiger partial charge in [0.2, 0.25) is 0 Å². The summed E-state index contributed by atoms with van der Waals surface area (Å²) in [7, 11) is 0. The van der Waals surface area contributed by atoms with Crippen LogP contribution in [0.1, 0.15) is 30.5 Å². The van der Waals surface area contributed by atoms with Crippen LogP contribution in [0.5, 0.6) is 11.5 Å². The molecule has 0 aliphatic carbocycles. The van der Waals surface area contributed by atoms with E-state index < -0.39 is 30.1 Å². The molecule has 26 heavy (non-hydrogen) atoms. The number of nitrogens with zero attached hydrogens (tertiary/aromatic N) is 1. The van der Waals surface area contributed by atoms with Crippen molar-refractivity contribution in [2.75, 3.05) is 13.2 Å². The second-order valence-electron chi connectivity index (χ2n) is 5.72. The van der Waals surface area contributed by atoms with Gasteiger partial charge in [0.1, 0.15) is 42.1 Å². The van der Waals surface area contributed by atoms with Crippen molar-refractivity contribution in [2.24, 2.45) is 0 Å². The Labute approximate surface area is 148 Å². The predicted molar refractivity (Wildman–Crippen MR) is 86.1 cm³/mol. The van der Waals surface area contributed by atoms with Crippen LogP contribution in [-0.4, -0.2) is 34.2 Å². The summed E-state index contributed by atoms with van der Waals surface area (Å²) in [6, 6.07) is 7.22. The van der Waals surface area contributed by atoms with Crippen LogP contribution >= 0.6 is 0 Å². The molecular formula is C18H17F2NO5. The first-order valence-electron chi connectivity index (χ1n) is 7.94. The third-order valence-electron chi connectivity index (χ3n) is 3.93. The van der Waals surface area contributed by atoms with E-state index in [1.165, 1.54) is 18.2 Å². The number of aliphatic hydroxyl groups excluding tert-OH is 2. The molecule has 2 atom stereocenters. The number of carbonyl (C=O) groups excluding carboxylic acids is 1. The Kier molecular flexibility index (Phi) is 5.17. The van der Waals surface area contributed by atoms with Crippen molar-refractivity contribution < 1.29 is 33.3 Å². The van der Waals surface area contributed by atoms with Gasteiger partial charge in [0, 0.05) is 29.3 Å². The van der Waals surface area contributed by atoms with Gasteiger partial charge >= 0.3 is 5.97 Å². The second kappa shape index (κ2) is 7.36. The van der Waals surface area contributed by atoms with E-state index in [-0.39, 0.29) is 24.7 Å². The van der Waals surface area contributed by atoms with Crippen LogP contribution < -0.4 is 4.74 Å². The van der Waals surface area contributed by atoms with Crippen molar-refractivity contribution in [3.8, 4) is 11.5 Å². The molecule has 8 heteroatoms. The number of esters is 1. The van der Waals surface area contributed by atoms with Gasteiger partial charge in [0.25, 0.3) is 0 Å². The summed E-state index contributed by atoms with van der Waals surface area (Å²) in [5, 5.41) is 20.7. The first kappa shape index (κ1) is 18.2. The molecule has 0 bridgehead atoms. The van der Waals surface area contributed by atoms with Crippen molar-refractivity contribution in [3.05, 3.63) is 59.2 Å². The maximum atomic E-state index is 13.3. The van der Waals surface area contributed by atoms with E-state index in [9.17, 15) is 23.8 Å². The van der Waals surface area contributed by atoms with Gasteiger partial charge in [-0.2, -0.15) is 0 Å². The number of halogens is 2. The van der Waals surface area contributed by atoms with Crippen molar-refractivity contribution in [1.29, 1.82) is 0 Å². The zero-order chi connectivity index (χ0) is 18.8. The average Bonchev–Trinajstić information content (AvgIpc) is 2.79. The minimum atomic E-state index is -1.25. The molecule has 3 rings (SSSR count). The van der Waals surface area contributed by atoms with Gasteiger partial charge in [0.15, 0.2) is 0 Å². The number of rotatable bonds is 5. The van der Waals surface area contributed by atoms with Gasteiger partial charge in [-0.25, -0.2) is 13.7 Å². The van der Waals surface area contributed by atoms with E-state index >= 15 is 0 Å². The van der Waals surface area contributed by atoms with E-state index in [2.05, 4.69) is 0 Å². The van der Waals surface area contributed by atoms with Crippen LogP contribution in [0.4, 0.5) is 8.78 Å². The van der Waals surface area contributed by atoms with Crippen molar-refractivity contribution in [3.63, 3.8) is 0 Å². The Bertz CT molecular complexity index is 809. The summed E-state index contributed by atoms with van der Waals surface area (Å²) in [6.45, 7) is 1.55. The Hall–Kier alpha value is -2.55. The first-order valence-corrected chi connectivity index (χ1v) is 7.94. The van der Waals surface area contributed by atoms with Crippen molar-refractivity contribution >= 4 is 5.97 Å². The van der Waals surface area contributed by atoms with Gasteiger partial charge in [-0.15, -0.1) is 0 Å². The van der Waals surface area contributed by atoms with E-state index in [1.54, 1.807) is 6.92 Å². The molecule has 0 radical (unpaired) electrons. The molecule has 2 aromatic carbocycles. The smallest absolute Gasteiger partial charge is 0.320 e. The number of hydrogen-bond donors (Lipinski definition) is 2. The molecule has 0 aromatic heterocycles. The fourth-order valence-corrected chi connectivity index (χ4v) is 2.82. The van der Waals surface area contributed by atoms with Crippen LogP contribution in [0.2, 0.25) is 0 Å². The molecule has 0 spiro atoms. The number of benzene rings is 2. The fraction of sp³-hybridized carbons (Fsp3) is 0.278. The van der Waals surface area contributed by atoms with Gasteiger partial charge in [-0.05, 0) is 19.1 Å². The average molecular weight is 365 g/mol. The zero-order valence-electron chi connectivity index (χ0n) is 13.9. The highest BCUT2D eigenvalue weighted by atomic mass is 19.1. The van der Waals surface area contributed by atoms with Gasteiger partial charge in [-0.1, -0.05) is 6.07 Å². The Morgan fingerprint density at radius 2 is 1.69 bits per heavy atom. The van der Waals surface area contributed by atoms with Crippen LogP contribution in [0, 0.1) is 11.6 Å². The van der Waals surface area contributed by atoms with E-state index in [4.69, 9.17) is 9.47 Å². The van der Waals surface area contributed by atoms with E-state index in [0.717, 1.165) is 23.1 Å².